The molecule has 93 heavy (non-hydrogen) atoms. The minimum atomic E-state index is -3.99. The van der Waals surface area contributed by atoms with Crippen LogP contribution < -0.4 is 42.4 Å². The summed E-state index contributed by atoms with van der Waals surface area (Å²) in [4.78, 5) is 53.7. The molecule has 7 rings (SSSR count). The van der Waals surface area contributed by atoms with Gasteiger partial charge in [0.15, 0.2) is 17.2 Å². The van der Waals surface area contributed by atoms with Crippen LogP contribution in [0.3, 0.4) is 0 Å². The van der Waals surface area contributed by atoms with Crippen molar-refractivity contribution in [3.63, 3.8) is 0 Å². The Balaban J connectivity index is 0.000000326. The van der Waals surface area contributed by atoms with E-state index >= 15 is 0 Å². The van der Waals surface area contributed by atoms with E-state index in [4.69, 9.17) is 92.9 Å². The number of esters is 3. The highest BCUT2D eigenvalue weighted by atomic mass is 35.5. The number of para-hydroxylation sites is 3. The van der Waals surface area contributed by atoms with E-state index in [0.717, 1.165) is 0 Å². The highest BCUT2D eigenvalue weighted by molar-refractivity contribution is 7.53. The van der Waals surface area contributed by atoms with Crippen LogP contribution in [0, 0.1) is 0 Å². The van der Waals surface area contributed by atoms with E-state index in [1.165, 1.54) is 114 Å². The van der Waals surface area contributed by atoms with Crippen molar-refractivity contribution in [2.75, 3.05) is 19.6 Å². The summed E-state index contributed by atoms with van der Waals surface area (Å²) in [5.41, 5.74) is 0. The van der Waals surface area contributed by atoms with Crippen LogP contribution in [0.5, 0.6) is 40.2 Å². The molecule has 0 saturated heterocycles. The Bertz CT molecular complexity index is 3170. The van der Waals surface area contributed by atoms with Crippen LogP contribution in [0.25, 0.3) is 0 Å². The molecule has 1 unspecified atom stereocenters. The smallest absolute Gasteiger partial charge is 0.506 e. The van der Waals surface area contributed by atoms with Crippen LogP contribution in [0.1, 0.15) is 83.1 Å². The van der Waals surface area contributed by atoms with Crippen LogP contribution >= 0.6 is 69.6 Å². The van der Waals surface area contributed by atoms with Gasteiger partial charge in [0.25, 0.3) is 0 Å². The monoisotopic (exact) mass is 1420 g/mol. The third-order valence-corrected chi connectivity index (χ3v) is 16.5. The molecule has 506 valence electrons. The number of nitrogens with zero attached hydrogens (tertiary/aromatic N) is 5. The molecule has 4 N–H and O–H groups in total. The number of aromatic hydroxyl groups is 1. The maximum absolute atomic E-state index is 13.2. The minimum absolute atomic E-state index is 0.0949. The number of carbonyl (C=O) groups excluding carboxylic acids is 3. The van der Waals surface area contributed by atoms with Gasteiger partial charge in [-0.05, 0) is 118 Å². The molecule has 4 aromatic heterocycles. The summed E-state index contributed by atoms with van der Waals surface area (Å²) in [5.74, 6) is -0.319. The molecular formula is C62H79Cl4N8O16P3. The zero-order valence-corrected chi connectivity index (χ0v) is 59.0. The Morgan fingerprint density at radius 1 is 0.398 bits per heavy atom. The van der Waals surface area contributed by atoms with Gasteiger partial charge in [0.2, 0.25) is 0 Å². The van der Waals surface area contributed by atoms with Gasteiger partial charge in [-0.3, -0.25) is 34.3 Å². The zero-order chi connectivity index (χ0) is 69.2. The number of aromatic nitrogens is 4. The first-order chi connectivity index (χ1) is 43.9. The van der Waals surface area contributed by atoms with Crippen molar-refractivity contribution in [3.8, 4) is 40.2 Å². The highest BCUT2D eigenvalue weighted by Gasteiger charge is 2.37. The van der Waals surface area contributed by atoms with Crippen LogP contribution in [0.2, 0.25) is 20.1 Å². The zero-order valence-electron chi connectivity index (χ0n) is 53.3. The van der Waals surface area contributed by atoms with Gasteiger partial charge in [0, 0.05) is 49.1 Å². The number of hydrogen-bond donors (Lipinski definition) is 4. The Morgan fingerprint density at radius 2 is 0.634 bits per heavy atom. The molecule has 0 saturated carbocycles. The van der Waals surface area contributed by atoms with E-state index in [1.807, 2.05) is 0 Å². The lowest BCUT2D eigenvalue weighted by atomic mass is 10.3. The number of carbonyl (C=O) groups is 3. The molecule has 24 nitrogen and oxygen atoms in total. The van der Waals surface area contributed by atoms with Crippen molar-refractivity contribution < 1.29 is 74.5 Å². The number of hydrogen-bond acceptors (Lipinski definition) is 21. The van der Waals surface area contributed by atoms with Crippen molar-refractivity contribution in [1.82, 2.24) is 40.1 Å². The summed E-state index contributed by atoms with van der Waals surface area (Å²) in [6, 6.07) is 28.3. The lowest BCUT2D eigenvalue weighted by Crippen LogP contribution is -2.36. The summed E-state index contributed by atoms with van der Waals surface area (Å²) >= 11 is 23.1. The third kappa shape index (κ3) is 33.6. The molecule has 0 spiro atoms. The number of ether oxygens (including phenoxy) is 3. The molecule has 6 atom stereocenters. The largest absolute Gasteiger partial charge is 0.513 e. The third-order valence-electron chi connectivity index (χ3n) is 10.8. The normalized spacial score (nSPS) is 13.6. The topological polar surface area (TPSA) is 297 Å². The molecule has 7 aromatic rings. The summed E-state index contributed by atoms with van der Waals surface area (Å²) in [5, 5.41) is 17.8. The lowest BCUT2D eigenvalue weighted by Gasteiger charge is -2.23. The van der Waals surface area contributed by atoms with E-state index in [0.29, 0.717) is 37.3 Å². The maximum Gasteiger partial charge on any atom is 0.513 e. The van der Waals surface area contributed by atoms with Crippen molar-refractivity contribution in [1.29, 1.82) is 0 Å². The molecule has 0 radical (unpaired) electrons. The van der Waals surface area contributed by atoms with Gasteiger partial charge in [0.1, 0.15) is 41.1 Å². The van der Waals surface area contributed by atoms with Crippen molar-refractivity contribution in [2.45, 2.75) is 120 Å². The highest BCUT2D eigenvalue weighted by Crippen LogP contribution is 2.48. The first-order valence-corrected chi connectivity index (χ1v) is 35.0. The molecular weight excluding hydrogens is 1350 g/mol. The van der Waals surface area contributed by atoms with Crippen LogP contribution in [-0.2, 0) is 42.3 Å². The molecule has 3 aromatic carbocycles. The fourth-order valence-corrected chi connectivity index (χ4v) is 11.9. The van der Waals surface area contributed by atoms with Crippen LogP contribution in [0.15, 0.2) is 165 Å². The molecule has 4 heterocycles. The standard InChI is InChI=1S/3C17H20ClN2O5P.C6H15N.C5H4ClNO/c3*1-12(2)23-17(21)13(3)20-26(22,24-15-7-5-4-6-8-15)25-16-9-14(18)10-19-11-16;1-4-7(5-2)6-3;6-4-1-5(8)3-7-2-4/h3*4-13H,1-3H3,(H,20,22);4-6H2,1-3H3;1-3,8H/t13-,26?;13-,26+;13-,26-;;/m000../s1. The van der Waals surface area contributed by atoms with E-state index < -0.39 is 59.3 Å². The second-order valence-corrected chi connectivity index (χ2v) is 26.6. The van der Waals surface area contributed by atoms with Gasteiger partial charge in [-0.15, -0.1) is 0 Å². The van der Waals surface area contributed by atoms with E-state index in [1.54, 1.807) is 133 Å². The number of benzene rings is 3. The van der Waals surface area contributed by atoms with Gasteiger partial charge < -0.3 is 51.4 Å². The van der Waals surface area contributed by atoms with Crippen LogP contribution in [-0.4, -0.2) is 104 Å². The number of nitrogens with one attached hydrogen (secondary N) is 3. The van der Waals surface area contributed by atoms with Crippen LogP contribution in [0.4, 0.5) is 0 Å². The van der Waals surface area contributed by atoms with Gasteiger partial charge >= 0.3 is 41.1 Å². The summed E-state index contributed by atoms with van der Waals surface area (Å²) in [6.45, 7) is 25.0. The van der Waals surface area contributed by atoms with Gasteiger partial charge in [-0.1, -0.05) is 122 Å². The second kappa shape index (κ2) is 41.6. The van der Waals surface area contributed by atoms with E-state index in [9.17, 15) is 28.1 Å². The fourth-order valence-electron chi connectivity index (χ4n) is 6.76. The lowest BCUT2D eigenvalue weighted by molar-refractivity contribution is -0.149. The van der Waals surface area contributed by atoms with E-state index in [2.05, 4.69) is 60.9 Å². The molecule has 0 bridgehead atoms. The Hall–Kier alpha value is -7.04. The van der Waals surface area contributed by atoms with Crippen molar-refractivity contribution in [2.24, 2.45) is 0 Å². The summed E-state index contributed by atoms with van der Waals surface area (Å²) in [7, 11) is -12.0. The first-order valence-electron chi connectivity index (χ1n) is 28.9. The predicted molar refractivity (Wildman–Crippen MR) is 360 cm³/mol. The van der Waals surface area contributed by atoms with Gasteiger partial charge in [-0.2, -0.15) is 15.3 Å². The minimum Gasteiger partial charge on any atom is -0.506 e. The Labute approximate surface area is 563 Å². The fraction of sp³-hybridized carbons (Fsp3) is 0.339. The molecule has 31 heteroatoms. The second-order valence-electron chi connectivity index (χ2n) is 20.0. The molecule has 0 aliphatic heterocycles. The first kappa shape index (κ1) is 80.2. The van der Waals surface area contributed by atoms with E-state index in [-0.39, 0.29) is 41.3 Å². The van der Waals surface area contributed by atoms with Gasteiger partial charge in [0.05, 0.1) is 63.2 Å². The summed E-state index contributed by atoms with van der Waals surface area (Å²) < 4.78 is 88.0. The Kier molecular flexibility index (Phi) is 35.9. The van der Waals surface area contributed by atoms with Crippen molar-refractivity contribution in [3.05, 3.63) is 185 Å². The van der Waals surface area contributed by atoms with Gasteiger partial charge in [-0.25, -0.2) is 13.7 Å². The number of pyridine rings is 4. The molecule has 0 fully saturated rings. The summed E-state index contributed by atoms with van der Waals surface area (Å²) in [6.07, 6.45) is 10.1. The number of rotatable bonds is 27. The molecule has 0 aliphatic rings. The molecule has 0 amide bonds. The quantitative estimate of drug-likeness (QED) is 0.0211. The average Bonchev–Trinajstić information content (AvgIpc) is 0.892. The SMILES string of the molecule is CC(C)OC(=O)[C@H](C)NP(=O)(Oc1ccccc1)Oc1cncc(Cl)c1.CC(C)OC(=O)[C@H](C)N[P@@](=O)(Oc1ccccc1)Oc1cncc(Cl)c1.CC(C)OC(=O)[C@H](C)N[P@](=O)(Oc1ccccc1)Oc1cncc(Cl)c1.CCN(CC)CC.Oc1cncc(Cl)c1. The maximum atomic E-state index is 13.2. The molecule has 0 aliphatic carbocycles. The predicted octanol–water partition coefficient (Wildman–Crippen LogP) is 15.5. The average molecular weight is 1430 g/mol. The number of halogens is 4. The van der Waals surface area contributed by atoms with Crippen molar-refractivity contribution >= 4 is 87.6 Å². The Morgan fingerprint density at radius 3 is 0.828 bits per heavy atom.